The van der Waals surface area contributed by atoms with Gasteiger partial charge in [0, 0.05) is 12.1 Å². The number of thiazole rings is 1. The van der Waals surface area contributed by atoms with Gasteiger partial charge in [-0.05, 0) is 17.9 Å². The number of alkyl halides is 3. The van der Waals surface area contributed by atoms with Gasteiger partial charge in [0.25, 0.3) is 0 Å². The Balaban J connectivity index is 1.74. The van der Waals surface area contributed by atoms with Crippen molar-refractivity contribution in [2.45, 2.75) is 18.5 Å². The fourth-order valence-corrected chi connectivity index (χ4v) is 3.04. The minimum Gasteiger partial charge on any atom is -0.293 e. The lowest BCUT2D eigenvalue weighted by Gasteiger charge is -1.99. The second-order valence-electron chi connectivity index (χ2n) is 4.75. The Bertz CT molecular complexity index is 635. The van der Waals surface area contributed by atoms with E-state index in [1.807, 2.05) is 30.3 Å². The maximum atomic E-state index is 12.5. The lowest BCUT2D eigenvalue weighted by atomic mass is 10.1. The Morgan fingerprint density at radius 3 is 2.55 bits per heavy atom. The van der Waals surface area contributed by atoms with Crippen LogP contribution in [-0.2, 0) is 6.18 Å². The molecule has 0 amide bonds. The molecule has 0 N–H and O–H groups in total. The van der Waals surface area contributed by atoms with Crippen LogP contribution < -0.4 is 0 Å². The molecule has 20 heavy (non-hydrogen) atoms. The third-order valence-electron chi connectivity index (χ3n) is 3.35. The highest BCUT2D eigenvalue weighted by Crippen LogP contribution is 2.49. The number of benzene rings is 1. The number of carbonyl (C=O) groups excluding carboxylic acids is 1. The highest BCUT2D eigenvalue weighted by Gasteiger charge is 2.45. The smallest absolute Gasteiger partial charge is 0.293 e. The van der Waals surface area contributed by atoms with Gasteiger partial charge in [0.15, 0.2) is 10.8 Å². The van der Waals surface area contributed by atoms with E-state index in [-0.39, 0.29) is 22.5 Å². The Labute approximate surface area is 117 Å². The molecule has 2 nitrogen and oxygen atoms in total. The molecule has 3 rings (SSSR count). The van der Waals surface area contributed by atoms with Gasteiger partial charge in [0.1, 0.15) is 0 Å². The van der Waals surface area contributed by atoms with Crippen molar-refractivity contribution in [3.63, 3.8) is 0 Å². The van der Waals surface area contributed by atoms with Gasteiger partial charge in [-0.2, -0.15) is 13.2 Å². The van der Waals surface area contributed by atoms with E-state index in [0.717, 1.165) is 11.8 Å². The first-order chi connectivity index (χ1) is 9.47. The maximum Gasteiger partial charge on any atom is 0.443 e. The third kappa shape index (κ3) is 2.47. The van der Waals surface area contributed by atoms with Crippen LogP contribution >= 0.6 is 11.3 Å². The van der Waals surface area contributed by atoms with Gasteiger partial charge in [-0.1, -0.05) is 30.3 Å². The second kappa shape index (κ2) is 4.70. The topological polar surface area (TPSA) is 30.0 Å². The molecule has 2 aromatic rings. The van der Waals surface area contributed by atoms with Gasteiger partial charge in [0.2, 0.25) is 0 Å². The zero-order valence-electron chi connectivity index (χ0n) is 10.2. The molecular formula is C14H10F3NOS. The summed E-state index contributed by atoms with van der Waals surface area (Å²) in [5.41, 5.74) is 1.06. The Morgan fingerprint density at radius 2 is 1.95 bits per heavy atom. The van der Waals surface area contributed by atoms with Crippen molar-refractivity contribution in [3.05, 3.63) is 52.0 Å². The van der Waals surface area contributed by atoms with Crippen molar-refractivity contribution in [2.24, 2.45) is 5.92 Å². The molecular weight excluding hydrogens is 287 g/mol. The molecule has 0 bridgehead atoms. The van der Waals surface area contributed by atoms with Crippen LogP contribution in [0, 0.1) is 5.92 Å². The third-order valence-corrected chi connectivity index (χ3v) is 4.40. The van der Waals surface area contributed by atoms with Crippen molar-refractivity contribution < 1.29 is 18.0 Å². The SMILES string of the molecule is O=C(c1cnc(C(F)(F)F)s1)C1CC1c1ccccc1. The molecule has 0 radical (unpaired) electrons. The average Bonchev–Trinajstić information content (AvgIpc) is 3.05. The normalized spacial score (nSPS) is 21.8. The first kappa shape index (κ1) is 13.3. The number of hydrogen-bond donors (Lipinski definition) is 0. The van der Waals surface area contributed by atoms with Gasteiger partial charge in [0.05, 0.1) is 4.88 Å². The van der Waals surface area contributed by atoms with E-state index in [9.17, 15) is 18.0 Å². The molecule has 104 valence electrons. The van der Waals surface area contributed by atoms with Crippen LogP contribution in [0.15, 0.2) is 36.5 Å². The predicted molar refractivity (Wildman–Crippen MR) is 68.7 cm³/mol. The largest absolute Gasteiger partial charge is 0.443 e. The molecule has 1 aliphatic rings. The van der Waals surface area contributed by atoms with Crippen LogP contribution in [0.3, 0.4) is 0 Å². The molecule has 0 saturated heterocycles. The van der Waals surface area contributed by atoms with Gasteiger partial charge >= 0.3 is 6.18 Å². The first-order valence-electron chi connectivity index (χ1n) is 6.09. The highest BCUT2D eigenvalue weighted by molar-refractivity contribution is 7.13. The lowest BCUT2D eigenvalue weighted by molar-refractivity contribution is -0.137. The van der Waals surface area contributed by atoms with Crippen molar-refractivity contribution in [1.29, 1.82) is 0 Å². The maximum absolute atomic E-state index is 12.5. The van der Waals surface area contributed by atoms with Crippen LogP contribution in [0.1, 0.15) is 32.6 Å². The van der Waals surface area contributed by atoms with E-state index in [1.54, 1.807) is 0 Å². The number of Topliss-reactive ketones (excluding diaryl/α,β-unsaturated/α-hetero) is 1. The fourth-order valence-electron chi connectivity index (χ4n) is 2.26. The Hall–Kier alpha value is -1.69. The molecule has 1 aromatic heterocycles. The highest BCUT2D eigenvalue weighted by atomic mass is 32.1. The summed E-state index contributed by atoms with van der Waals surface area (Å²) in [6.07, 6.45) is -2.75. The van der Waals surface area contributed by atoms with E-state index in [2.05, 4.69) is 4.98 Å². The number of aromatic nitrogens is 1. The molecule has 1 fully saturated rings. The van der Waals surface area contributed by atoms with E-state index in [0.29, 0.717) is 17.8 Å². The zero-order chi connectivity index (χ0) is 14.3. The molecule has 2 unspecified atom stereocenters. The predicted octanol–water partition coefficient (Wildman–Crippen LogP) is 4.15. The number of ketones is 1. The van der Waals surface area contributed by atoms with Crippen LogP contribution in [0.2, 0.25) is 0 Å². The first-order valence-corrected chi connectivity index (χ1v) is 6.90. The van der Waals surface area contributed by atoms with Crippen LogP contribution in [0.5, 0.6) is 0 Å². The van der Waals surface area contributed by atoms with Crippen LogP contribution in [0.4, 0.5) is 13.2 Å². The number of hydrogen-bond acceptors (Lipinski definition) is 3. The standard InChI is InChI=1S/C14H10F3NOS/c15-14(16,17)13-18-7-11(20-13)12(19)10-6-9(10)8-4-2-1-3-5-8/h1-5,7,9-10H,6H2. The van der Waals surface area contributed by atoms with E-state index < -0.39 is 11.2 Å². The molecule has 1 heterocycles. The number of rotatable bonds is 3. The molecule has 1 aliphatic carbocycles. The van der Waals surface area contributed by atoms with E-state index in [4.69, 9.17) is 0 Å². The lowest BCUT2D eigenvalue weighted by Crippen LogP contribution is -2.03. The monoisotopic (exact) mass is 297 g/mol. The van der Waals surface area contributed by atoms with Crippen molar-refractivity contribution in [3.8, 4) is 0 Å². The molecule has 0 spiro atoms. The minimum atomic E-state index is -4.48. The van der Waals surface area contributed by atoms with Crippen LogP contribution in [-0.4, -0.2) is 10.8 Å². The Morgan fingerprint density at radius 1 is 1.25 bits per heavy atom. The summed E-state index contributed by atoms with van der Waals surface area (Å²) >= 11 is 0.428. The molecule has 2 atom stereocenters. The van der Waals surface area contributed by atoms with Gasteiger partial charge in [-0.3, -0.25) is 4.79 Å². The molecule has 6 heteroatoms. The number of carbonyl (C=O) groups is 1. The molecule has 1 aromatic carbocycles. The van der Waals surface area contributed by atoms with Gasteiger partial charge in [-0.25, -0.2) is 4.98 Å². The van der Waals surface area contributed by atoms with Gasteiger partial charge in [-0.15, -0.1) is 11.3 Å². The summed E-state index contributed by atoms with van der Waals surface area (Å²) in [5.74, 6) is -0.314. The zero-order valence-corrected chi connectivity index (χ0v) is 11.0. The van der Waals surface area contributed by atoms with Crippen LogP contribution in [0.25, 0.3) is 0 Å². The quantitative estimate of drug-likeness (QED) is 0.797. The minimum absolute atomic E-state index is 0.0979. The summed E-state index contributed by atoms with van der Waals surface area (Å²) in [4.78, 5) is 15.5. The summed E-state index contributed by atoms with van der Waals surface area (Å²) in [6.45, 7) is 0. The van der Waals surface area contributed by atoms with E-state index in [1.165, 1.54) is 0 Å². The fraction of sp³-hybridized carbons (Fsp3) is 0.286. The Kier molecular flexibility index (Phi) is 3.12. The van der Waals surface area contributed by atoms with Crippen molar-refractivity contribution >= 4 is 17.1 Å². The van der Waals surface area contributed by atoms with Crippen molar-refractivity contribution in [2.75, 3.05) is 0 Å². The number of nitrogens with zero attached hydrogens (tertiary/aromatic N) is 1. The molecule has 0 aliphatic heterocycles. The second-order valence-corrected chi connectivity index (χ2v) is 5.78. The van der Waals surface area contributed by atoms with Gasteiger partial charge < -0.3 is 0 Å². The summed E-state index contributed by atoms with van der Waals surface area (Å²) in [5, 5.41) is -0.960. The molecule has 1 saturated carbocycles. The van der Waals surface area contributed by atoms with Crippen molar-refractivity contribution in [1.82, 2.24) is 4.98 Å². The summed E-state index contributed by atoms with van der Waals surface area (Å²) in [7, 11) is 0. The average molecular weight is 297 g/mol. The summed E-state index contributed by atoms with van der Waals surface area (Å²) in [6, 6.07) is 9.55. The summed E-state index contributed by atoms with van der Waals surface area (Å²) < 4.78 is 37.4. The number of halogens is 3. The van der Waals surface area contributed by atoms with E-state index >= 15 is 0 Å².